The van der Waals surface area contributed by atoms with Gasteiger partial charge in [0.25, 0.3) is 0 Å². The highest BCUT2D eigenvalue weighted by atomic mass is 15.1. The van der Waals surface area contributed by atoms with Crippen molar-refractivity contribution in [3.63, 3.8) is 0 Å². The number of nitrogens with zero attached hydrogens (tertiary/aromatic N) is 4. The van der Waals surface area contributed by atoms with Crippen LogP contribution in [0.4, 0.5) is 0 Å². The van der Waals surface area contributed by atoms with Crippen molar-refractivity contribution in [3.8, 4) is 33.9 Å². The third-order valence-electron chi connectivity index (χ3n) is 8.85. The molecule has 3 aromatic heterocycles. The summed E-state index contributed by atoms with van der Waals surface area (Å²) >= 11 is 0. The third-order valence-corrected chi connectivity index (χ3v) is 8.85. The fraction of sp³-hybridized carbons (Fsp3) is 0. The first kappa shape index (κ1) is 22.0. The quantitative estimate of drug-likeness (QED) is 0.210. The van der Waals surface area contributed by atoms with Crippen molar-refractivity contribution < 1.29 is 0 Å². The summed E-state index contributed by atoms with van der Waals surface area (Å²) in [5.41, 5.74) is 12.0. The molecule has 0 aliphatic carbocycles. The van der Waals surface area contributed by atoms with Crippen molar-refractivity contribution in [2.45, 2.75) is 0 Å². The fourth-order valence-electron chi connectivity index (χ4n) is 7.09. The normalized spacial score (nSPS) is 12.3. The van der Waals surface area contributed by atoms with E-state index in [1.807, 2.05) is 18.2 Å². The second-order valence-corrected chi connectivity index (χ2v) is 11.0. The van der Waals surface area contributed by atoms with Crippen molar-refractivity contribution in [1.29, 1.82) is 0 Å². The molecule has 0 amide bonds. The molecule has 1 aliphatic rings. The van der Waals surface area contributed by atoms with Gasteiger partial charge in [0.2, 0.25) is 0 Å². The number of aromatic nitrogens is 4. The summed E-state index contributed by atoms with van der Waals surface area (Å²) in [6.45, 7) is 0. The Kier molecular flexibility index (Phi) is 4.15. The lowest BCUT2D eigenvalue weighted by molar-refractivity contribution is 1.08. The van der Waals surface area contributed by atoms with Crippen LogP contribution >= 0.6 is 0 Å². The van der Waals surface area contributed by atoms with E-state index in [4.69, 9.17) is 9.97 Å². The average Bonchev–Trinajstić information content (AvgIpc) is 3.53. The van der Waals surface area contributed by atoms with Crippen molar-refractivity contribution in [2.24, 2.45) is 0 Å². The van der Waals surface area contributed by atoms with Crippen molar-refractivity contribution in [1.82, 2.24) is 19.1 Å². The van der Waals surface area contributed by atoms with E-state index in [9.17, 15) is 0 Å². The van der Waals surface area contributed by atoms with Gasteiger partial charge >= 0.3 is 0 Å². The van der Waals surface area contributed by atoms with E-state index in [1.54, 1.807) is 0 Å². The SMILES string of the molecule is c1ccc2c(c1)-c1nc3ccccc3nc1-n1c3ccc(-n4c5ccccc5c5ccccc54)cc3c3cccc-2c31. The van der Waals surface area contributed by atoms with Crippen molar-refractivity contribution in [2.75, 3.05) is 0 Å². The highest BCUT2D eigenvalue weighted by Crippen LogP contribution is 2.46. The Hall–Kier alpha value is -5.74. The second kappa shape index (κ2) is 7.93. The Morgan fingerprint density at radius 2 is 1.00 bits per heavy atom. The zero-order chi connectivity index (χ0) is 27.4. The number of rotatable bonds is 1. The molecule has 9 aromatic rings. The molecule has 42 heavy (non-hydrogen) atoms. The Balaban J connectivity index is 1.36. The molecule has 1 aliphatic heterocycles. The summed E-state index contributed by atoms with van der Waals surface area (Å²) in [5.74, 6) is 0.871. The zero-order valence-corrected chi connectivity index (χ0v) is 22.5. The zero-order valence-electron chi connectivity index (χ0n) is 22.5. The van der Waals surface area contributed by atoms with Gasteiger partial charge in [0.15, 0.2) is 5.82 Å². The molecule has 0 radical (unpaired) electrons. The predicted octanol–water partition coefficient (Wildman–Crippen LogP) is 9.47. The molecule has 4 heterocycles. The third kappa shape index (κ3) is 2.76. The van der Waals surface area contributed by atoms with Crippen LogP contribution in [-0.4, -0.2) is 19.1 Å². The molecule has 0 saturated heterocycles. The van der Waals surface area contributed by atoms with Crippen LogP contribution in [-0.2, 0) is 0 Å². The van der Waals surface area contributed by atoms with Gasteiger partial charge in [-0.25, -0.2) is 9.97 Å². The van der Waals surface area contributed by atoms with Crippen LogP contribution in [0.2, 0.25) is 0 Å². The maximum atomic E-state index is 5.27. The van der Waals surface area contributed by atoms with Gasteiger partial charge in [-0.1, -0.05) is 91.0 Å². The van der Waals surface area contributed by atoms with E-state index in [-0.39, 0.29) is 0 Å². The molecule has 4 nitrogen and oxygen atoms in total. The summed E-state index contributed by atoms with van der Waals surface area (Å²) in [7, 11) is 0. The maximum absolute atomic E-state index is 5.27. The van der Waals surface area contributed by atoms with Gasteiger partial charge in [-0.2, -0.15) is 0 Å². The number of fused-ring (bicyclic) bond motifs is 12. The molecule has 0 spiro atoms. The number of hydrogen-bond donors (Lipinski definition) is 0. The van der Waals surface area contributed by atoms with Gasteiger partial charge in [-0.05, 0) is 48.0 Å². The highest BCUT2D eigenvalue weighted by molar-refractivity contribution is 6.17. The molecule has 10 rings (SSSR count). The lowest BCUT2D eigenvalue weighted by Crippen LogP contribution is -2.02. The minimum absolute atomic E-state index is 0.871. The van der Waals surface area contributed by atoms with Gasteiger partial charge in [0.05, 0.1) is 33.1 Å². The minimum atomic E-state index is 0.871. The van der Waals surface area contributed by atoms with E-state index in [1.165, 1.54) is 49.2 Å². The Morgan fingerprint density at radius 3 is 1.79 bits per heavy atom. The Bertz CT molecular complexity index is 2530. The molecule has 0 atom stereocenters. The lowest BCUT2D eigenvalue weighted by Gasteiger charge is -2.13. The van der Waals surface area contributed by atoms with Crippen LogP contribution < -0.4 is 0 Å². The summed E-state index contributed by atoms with van der Waals surface area (Å²) in [6.07, 6.45) is 0. The van der Waals surface area contributed by atoms with Gasteiger partial charge < -0.3 is 4.57 Å². The molecule has 0 saturated carbocycles. The van der Waals surface area contributed by atoms with Crippen LogP contribution in [0.1, 0.15) is 0 Å². The highest BCUT2D eigenvalue weighted by Gasteiger charge is 2.27. The average molecular weight is 535 g/mol. The van der Waals surface area contributed by atoms with Crippen molar-refractivity contribution in [3.05, 3.63) is 133 Å². The fourth-order valence-corrected chi connectivity index (χ4v) is 7.09. The van der Waals surface area contributed by atoms with Gasteiger partial charge in [-0.15, -0.1) is 0 Å². The summed E-state index contributed by atoms with van der Waals surface area (Å²) < 4.78 is 4.73. The summed E-state index contributed by atoms with van der Waals surface area (Å²) in [6, 6.07) is 47.6. The smallest absolute Gasteiger partial charge is 0.165 e. The molecular weight excluding hydrogens is 512 g/mol. The number of benzene rings is 6. The molecular formula is C38H22N4. The van der Waals surface area contributed by atoms with Gasteiger partial charge in [-0.3, -0.25) is 4.57 Å². The molecule has 0 unspecified atom stereocenters. The van der Waals surface area contributed by atoms with Crippen LogP contribution in [0.5, 0.6) is 0 Å². The largest absolute Gasteiger partial charge is 0.309 e. The molecule has 4 heteroatoms. The molecule has 0 fully saturated rings. The number of para-hydroxylation sites is 5. The monoisotopic (exact) mass is 534 g/mol. The van der Waals surface area contributed by atoms with E-state index in [0.717, 1.165) is 39.3 Å². The first-order valence-electron chi connectivity index (χ1n) is 14.3. The molecule has 6 aromatic carbocycles. The molecule has 0 bridgehead atoms. The maximum Gasteiger partial charge on any atom is 0.165 e. The lowest BCUT2D eigenvalue weighted by atomic mass is 9.96. The Labute approximate surface area is 240 Å². The standard InChI is InChI=1S/C38H22N4/c1-2-13-27-24(10-1)28-14-9-15-29-30-22-23(41-33-18-7-3-11-25(33)26-12-4-8-19-34(26)41)20-21-35(30)42(37(28)29)38-36(27)39-31-16-5-6-17-32(31)40-38/h1-22H. The van der Waals surface area contributed by atoms with E-state index in [2.05, 4.69) is 124 Å². The van der Waals surface area contributed by atoms with E-state index in [0.29, 0.717) is 0 Å². The minimum Gasteiger partial charge on any atom is -0.309 e. The van der Waals surface area contributed by atoms with E-state index >= 15 is 0 Å². The van der Waals surface area contributed by atoms with Crippen molar-refractivity contribution >= 4 is 54.6 Å². The van der Waals surface area contributed by atoms with E-state index < -0.39 is 0 Å². The predicted molar refractivity (Wildman–Crippen MR) is 173 cm³/mol. The van der Waals surface area contributed by atoms with Crippen LogP contribution in [0.25, 0.3) is 88.5 Å². The topological polar surface area (TPSA) is 35.6 Å². The summed E-state index contributed by atoms with van der Waals surface area (Å²) in [5, 5.41) is 4.94. The first-order valence-corrected chi connectivity index (χ1v) is 14.3. The second-order valence-electron chi connectivity index (χ2n) is 11.0. The van der Waals surface area contributed by atoms with Crippen LogP contribution in [0.15, 0.2) is 133 Å². The summed E-state index contributed by atoms with van der Waals surface area (Å²) in [4.78, 5) is 10.5. The Morgan fingerprint density at radius 1 is 0.405 bits per heavy atom. The number of hydrogen-bond acceptors (Lipinski definition) is 2. The van der Waals surface area contributed by atoms with Gasteiger partial charge in [0, 0.05) is 38.4 Å². The first-order chi connectivity index (χ1) is 20.8. The molecule has 194 valence electrons. The van der Waals surface area contributed by atoms with Crippen LogP contribution in [0, 0.1) is 0 Å². The molecule has 0 N–H and O–H groups in total. The van der Waals surface area contributed by atoms with Gasteiger partial charge in [0.1, 0.15) is 5.69 Å². The van der Waals surface area contributed by atoms with Crippen LogP contribution in [0.3, 0.4) is 0 Å².